The number of hydrogen-bond donors (Lipinski definition) is 0. The second-order valence-corrected chi connectivity index (χ2v) is 17.6. The maximum absolute atomic E-state index is 11.6. The molecule has 0 aliphatic rings. The number of aryl methyl sites for hydroxylation is 6. The lowest BCUT2D eigenvalue weighted by atomic mass is 10.0. The van der Waals surface area contributed by atoms with E-state index in [1.165, 1.54) is 33.4 Å². The first-order valence-corrected chi connectivity index (χ1v) is 23.9. The fourth-order valence-electron chi connectivity index (χ4n) is 2.91. The maximum Gasteiger partial charge on any atom is 0.643 e. The Morgan fingerprint density at radius 2 is 0.977 bits per heavy atom. The molecule has 0 aliphatic heterocycles. The average Bonchev–Trinajstić information content (AvgIpc) is 2.98. The first-order chi connectivity index (χ1) is 20.5. The van der Waals surface area contributed by atoms with E-state index >= 15 is 0 Å². The first kappa shape index (κ1) is 48.2. The third kappa shape index (κ3) is 25.0. The molecule has 0 radical (unpaired) electrons. The molecule has 0 fully saturated rings. The largest absolute Gasteiger partial charge is 0.643 e. The molecule has 3 aromatic rings. The number of rotatable bonds is 5. The third-order valence-corrected chi connectivity index (χ3v) is 6.69. The van der Waals surface area contributed by atoms with Gasteiger partial charge in [-0.3, -0.25) is 14.4 Å². The number of carbonyl (C=O) groups is 3. The van der Waals surface area contributed by atoms with E-state index in [0.29, 0.717) is 12.8 Å². The van der Waals surface area contributed by atoms with Gasteiger partial charge >= 0.3 is 11.4 Å². The van der Waals surface area contributed by atoms with Crippen LogP contribution < -0.4 is 0 Å². The van der Waals surface area contributed by atoms with E-state index < -0.39 is 11.4 Å². The Labute approximate surface area is 310 Å². The molecule has 44 heavy (non-hydrogen) atoms. The molecule has 0 N–H and O–H groups in total. The van der Waals surface area contributed by atoms with Crippen LogP contribution >= 0.6 is 85.9 Å². The summed E-state index contributed by atoms with van der Waals surface area (Å²) < 4.78 is 0. The Hall–Kier alpha value is -0.198. The number of ketones is 2. The highest BCUT2D eigenvalue weighted by molar-refractivity contribution is 9.93. The van der Waals surface area contributed by atoms with E-state index in [9.17, 15) is 14.4 Å². The van der Waals surface area contributed by atoms with E-state index in [-0.39, 0.29) is 21.6 Å². The van der Waals surface area contributed by atoms with Crippen LogP contribution in [0.1, 0.15) is 87.7 Å². The molecule has 1 atom stereocenters. The Morgan fingerprint density at radius 3 is 1.25 bits per heavy atom. The zero-order chi connectivity index (χ0) is 35.0. The van der Waals surface area contributed by atoms with Gasteiger partial charge in [0.25, 0.3) is 0 Å². The van der Waals surface area contributed by atoms with Gasteiger partial charge in [0.05, 0.1) is 4.83 Å². The second-order valence-electron chi connectivity index (χ2n) is 9.40. The second kappa shape index (κ2) is 29.0. The molecular weight excluding hydrogens is 853 g/mol. The van der Waals surface area contributed by atoms with Crippen LogP contribution in [-0.2, 0) is 4.79 Å². The molecule has 0 spiro atoms. The van der Waals surface area contributed by atoms with E-state index in [0.717, 1.165) is 11.1 Å². The molecule has 3 aromatic carbocycles. The molecule has 11 heteroatoms. The number of Topliss-reactive ketones (excluding diaryl/α,β-unsaturated/α-hetero) is 2. The molecule has 3 rings (SSSR count). The fourth-order valence-corrected chi connectivity index (χ4v) is 3.17. The molecule has 0 saturated heterocycles. The third-order valence-electron chi connectivity index (χ3n) is 6.01. The summed E-state index contributed by atoms with van der Waals surface area (Å²) in [5.74, 6) is 0.362. The van der Waals surface area contributed by atoms with Gasteiger partial charge in [-0.1, -0.05) is 78.3 Å². The van der Waals surface area contributed by atoms with E-state index in [4.69, 9.17) is 41.7 Å². The van der Waals surface area contributed by atoms with Crippen LogP contribution in [0.4, 0.5) is 0 Å². The maximum atomic E-state index is 11.6. The van der Waals surface area contributed by atoms with Crippen molar-refractivity contribution in [3.8, 4) is 0 Å². The van der Waals surface area contributed by atoms with Gasteiger partial charge in [0.1, 0.15) is 0 Å². The summed E-state index contributed by atoms with van der Waals surface area (Å²) in [6, 6.07) is 20.0. The van der Waals surface area contributed by atoms with Crippen molar-refractivity contribution < 1.29 is 14.4 Å². The molecule has 3 nitrogen and oxygen atoms in total. The van der Waals surface area contributed by atoms with Crippen molar-refractivity contribution >= 4 is 114 Å². The number of hydrogen-bond acceptors (Lipinski definition) is 3. The van der Waals surface area contributed by atoms with Crippen molar-refractivity contribution in [3.05, 3.63) is 105 Å². The summed E-state index contributed by atoms with van der Waals surface area (Å²) in [4.78, 5) is 32.3. The predicted octanol–water partition coefficient (Wildman–Crippen LogP) is 13.0. The number of benzene rings is 3. The normalized spacial score (nSPS) is 9.73. The smallest absolute Gasteiger partial charge is 0.294 e. The van der Waals surface area contributed by atoms with E-state index in [1.807, 2.05) is 71.0 Å². The lowest BCUT2D eigenvalue weighted by Gasteiger charge is -2.05. The number of alkyl halides is 1. The fraction of sp³-hybridized carbons (Fsp3) is 0.364. The van der Waals surface area contributed by atoms with Crippen molar-refractivity contribution in [3.63, 3.8) is 0 Å². The Kier molecular flexibility index (Phi) is 31.7. The highest BCUT2D eigenvalue weighted by Gasteiger charge is 2.11. The monoisotopic (exact) mass is 890 g/mol. The molecule has 0 heterocycles. The zero-order valence-corrected chi connectivity index (χ0v) is 35.6. The quantitative estimate of drug-likeness (QED) is 0.111. The van der Waals surface area contributed by atoms with Crippen LogP contribution in [0.25, 0.3) is 0 Å². The lowest BCUT2D eigenvalue weighted by molar-refractivity contribution is -0.111. The zero-order valence-electron chi connectivity index (χ0n) is 26.7. The highest BCUT2D eigenvalue weighted by Crippen LogP contribution is 2.14. The minimum Gasteiger partial charge on any atom is -0.294 e. The van der Waals surface area contributed by atoms with Crippen molar-refractivity contribution in [2.24, 2.45) is 0 Å². The minimum atomic E-state index is -1.72. The Morgan fingerprint density at radius 1 is 0.659 bits per heavy atom. The van der Waals surface area contributed by atoms with Gasteiger partial charge in [0.2, 0.25) is 5.24 Å². The van der Waals surface area contributed by atoms with Crippen molar-refractivity contribution in [1.29, 1.82) is 0 Å². The van der Waals surface area contributed by atoms with Crippen LogP contribution in [0.15, 0.2) is 60.7 Å². The SMILES string of the molecule is BrBr.CCC(=O)Cl.CCC(=O)c1ccc(C)c(C)c1.Cc1ccc(C(=O)C(C)Br)cc1C.Cc1ccccc1C.[Cl][Al]([Cl])[Cl]. The number of carbonyl (C=O) groups excluding carboxylic acids is 3. The summed E-state index contributed by atoms with van der Waals surface area (Å²) >= 11 is 11.9. The van der Waals surface area contributed by atoms with Crippen molar-refractivity contribution in [1.82, 2.24) is 0 Å². The van der Waals surface area contributed by atoms with Gasteiger partial charge in [-0.15, -0.1) is 0 Å². The Bertz CT molecular complexity index is 1250. The van der Waals surface area contributed by atoms with Gasteiger partial charge in [-0.2, -0.15) is 0 Å². The molecule has 0 aliphatic carbocycles. The van der Waals surface area contributed by atoms with Gasteiger partial charge < -0.3 is 0 Å². The van der Waals surface area contributed by atoms with E-state index in [2.05, 4.69) is 89.2 Å². The Balaban J connectivity index is -0.000000499. The highest BCUT2D eigenvalue weighted by atomic mass is 80.9. The average molecular weight is 895 g/mol. The van der Waals surface area contributed by atoms with Crippen LogP contribution in [-0.4, -0.2) is 33.0 Å². The summed E-state index contributed by atoms with van der Waals surface area (Å²) in [6.07, 6.45) is 1.02. The summed E-state index contributed by atoms with van der Waals surface area (Å²) in [5, 5.41) is -0.273. The standard InChI is InChI=1S/C11H13BrO.C11H14O.C8H10.C3H5ClO.Al.Br2.3ClH/c1-7-4-5-10(6-8(7)2)11(13)9(3)12;1-4-11(12)10-6-5-8(2)9(3)7-10;1-7-5-3-4-6-8(7)2;1-2-3(4)5;;1-2;;;/h4-6,9H,1-3H3;5-7H,4H2,1-3H3;3-6H,1-2H3;2H2,1H3;;;3*1H/q;;;;+3;;;;/p-3. The molecule has 1 unspecified atom stereocenters. The topological polar surface area (TPSA) is 51.2 Å². The summed E-state index contributed by atoms with van der Waals surface area (Å²) in [5.41, 5.74) is 9.17. The molecule has 244 valence electrons. The van der Waals surface area contributed by atoms with Crippen LogP contribution in [0, 0.1) is 41.5 Å². The molecular formula is C33H42AlBr3Cl4O3. The van der Waals surface area contributed by atoms with Gasteiger partial charge in [-0.25, -0.2) is 30.1 Å². The molecule has 0 amide bonds. The summed E-state index contributed by atoms with van der Waals surface area (Å²) in [6.45, 7) is 17.8. The van der Waals surface area contributed by atoms with E-state index in [1.54, 1.807) is 6.92 Å². The minimum absolute atomic E-state index is 0.102. The van der Waals surface area contributed by atoms with Crippen molar-refractivity contribution in [2.75, 3.05) is 0 Å². The van der Waals surface area contributed by atoms with Crippen LogP contribution in [0.2, 0.25) is 0 Å². The van der Waals surface area contributed by atoms with Gasteiger partial charge in [-0.05, 0) is 106 Å². The number of halogens is 7. The van der Waals surface area contributed by atoms with Crippen molar-refractivity contribution in [2.45, 2.75) is 80.0 Å². The first-order valence-electron chi connectivity index (χ1n) is 13.6. The van der Waals surface area contributed by atoms with Crippen LogP contribution in [0.5, 0.6) is 0 Å². The van der Waals surface area contributed by atoms with Crippen LogP contribution in [0.3, 0.4) is 0 Å². The molecule has 0 bridgehead atoms. The lowest BCUT2D eigenvalue weighted by Crippen LogP contribution is -2.10. The summed E-state index contributed by atoms with van der Waals surface area (Å²) in [7, 11) is 14.8. The van der Waals surface area contributed by atoms with Gasteiger partial charge in [0, 0.05) is 52.2 Å². The predicted molar refractivity (Wildman–Crippen MR) is 207 cm³/mol. The molecule has 0 saturated carbocycles. The molecule has 0 aromatic heterocycles. The van der Waals surface area contributed by atoms with Gasteiger partial charge in [0.15, 0.2) is 11.6 Å².